The number of esters is 1. The van der Waals surface area contributed by atoms with Crippen molar-refractivity contribution in [2.24, 2.45) is 5.92 Å². The lowest BCUT2D eigenvalue weighted by Gasteiger charge is -2.26. The van der Waals surface area contributed by atoms with Gasteiger partial charge in [0.15, 0.2) is 6.61 Å². The fourth-order valence-electron chi connectivity index (χ4n) is 3.60. The van der Waals surface area contributed by atoms with Crippen molar-refractivity contribution < 1.29 is 23.6 Å². The molecule has 1 N–H and O–H groups in total. The van der Waals surface area contributed by atoms with Gasteiger partial charge < -0.3 is 19.3 Å². The molecule has 1 aliphatic carbocycles. The summed E-state index contributed by atoms with van der Waals surface area (Å²) < 4.78 is 16.0. The fraction of sp³-hybridized carbons (Fsp3) is 0.522. The summed E-state index contributed by atoms with van der Waals surface area (Å²) in [7, 11) is 0. The van der Waals surface area contributed by atoms with Gasteiger partial charge in [0.1, 0.15) is 18.1 Å². The first-order valence-corrected chi connectivity index (χ1v) is 10.5. The Morgan fingerprint density at radius 1 is 1.13 bits per heavy atom. The van der Waals surface area contributed by atoms with Crippen LogP contribution in [-0.2, 0) is 27.4 Å². The van der Waals surface area contributed by atoms with Crippen LogP contribution >= 0.6 is 0 Å². The largest absolute Gasteiger partial charge is 0.489 e. The molecule has 0 saturated heterocycles. The summed E-state index contributed by atoms with van der Waals surface area (Å²) in [5.41, 5.74) is 2.55. The molecule has 3 rings (SSSR count). The average molecular weight is 415 g/mol. The smallest absolute Gasteiger partial charge is 0.310 e. The number of ether oxygens (including phenoxy) is 2. The predicted molar refractivity (Wildman–Crippen MR) is 111 cm³/mol. The molecule has 1 aromatic carbocycles. The van der Waals surface area contributed by atoms with Crippen LogP contribution in [0.15, 0.2) is 28.8 Å². The molecule has 0 atom stereocenters. The van der Waals surface area contributed by atoms with Crippen LogP contribution in [0.3, 0.4) is 0 Å². The second-order valence-corrected chi connectivity index (χ2v) is 8.10. The molecule has 1 fully saturated rings. The maximum atomic E-state index is 12.0. The number of amides is 1. The van der Waals surface area contributed by atoms with Gasteiger partial charge in [-0.05, 0) is 63.1 Å². The number of nitrogens with zero attached hydrogens (tertiary/aromatic N) is 1. The predicted octanol–water partition coefficient (Wildman–Crippen LogP) is 3.65. The SMILES string of the molecule is Cc1noc(C)c1COc1ccc(CC(=O)OCC(=O)NC2CCC(C)CC2)cc1. The van der Waals surface area contributed by atoms with Crippen LogP contribution < -0.4 is 10.1 Å². The van der Waals surface area contributed by atoms with Crippen molar-refractivity contribution in [1.29, 1.82) is 0 Å². The van der Waals surface area contributed by atoms with Crippen molar-refractivity contribution in [3.05, 3.63) is 46.8 Å². The average Bonchev–Trinajstić information content (AvgIpc) is 3.05. The number of hydrogen-bond donors (Lipinski definition) is 1. The Bertz CT molecular complexity index is 831. The Morgan fingerprint density at radius 3 is 2.47 bits per heavy atom. The standard InChI is InChI=1S/C23H30N2O5/c1-15-4-8-19(9-5-15)24-22(26)14-29-23(27)12-18-6-10-20(11-7-18)28-13-21-16(2)25-30-17(21)3/h6-7,10-11,15,19H,4-5,8-9,12-14H2,1-3H3,(H,24,26). The van der Waals surface area contributed by atoms with Crippen LogP contribution in [0.5, 0.6) is 5.75 Å². The van der Waals surface area contributed by atoms with Crippen LogP contribution in [0.1, 0.15) is 55.2 Å². The molecule has 0 unspecified atom stereocenters. The highest BCUT2D eigenvalue weighted by Gasteiger charge is 2.20. The minimum absolute atomic E-state index is 0.109. The fourth-order valence-corrected chi connectivity index (χ4v) is 3.60. The number of carbonyl (C=O) groups excluding carboxylic acids is 2. The first-order chi connectivity index (χ1) is 14.4. The van der Waals surface area contributed by atoms with E-state index in [1.807, 2.05) is 26.0 Å². The number of aromatic nitrogens is 1. The van der Waals surface area contributed by atoms with Crippen molar-refractivity contribution in [3.63, 3.8) is 0 Å². The van der Waals surface area contributed by atoms with Crippen molar-refractivity contribution in [2.45, 2.75) is 65.5 Å². The Balaban J connectivity index is 1.38. The number of nitrogens with one attached hydrogen (secondary N) is 1. The molecule has 0 aliphatic heterocycles. The summed E-state index contributed by atoms with van der Waals surface area (Å²) in [6.07, 6.45) is 4.35. The van der Waals surface area contributed by atoms with E-state index in [0.29, 0.717) is 12.4 Å². The molecule has 7 heteroatoms. The lowest BCUT2D eigenvalue weighted by atomic mass is 9.87. The zero-order chi connectivity index (χ0) is 21.5. The normalized spacial score (nSPS) is 18.6. The van der Waals surface area contributed by atoms with E-state index in [4.69, 9.17) is 14.0 Å². The summed E-state index contributed by atoms with van der Waals surface area (Å²) in [5, 5.41) is 6.86. The molecule has 2 aromatic rings. The Hall–Kier alpha value is -2.83. The van der Waals surface area contributed by atoms with Gasteiger partial charge in [0.2, 0.25) is 0 Å². The van der Waals surface area contributed by atoms with Crippen LogP contribution in [0.25, 0.3) is 0 Å². The lowest BCUT2D eigenvalue weighted by Crippen LogP contribution is -2.39. The highest BCUT2D eigenvalue weighted by Crippen LogP contribution is 2.23. The maximum absolute atomic E-state index is 12.0. The van der Waals surface area contributed by atoms with Crippen LogP contribution in [-0.4, -0.2) is 29.7 Å². The second kappa shape index (κ2) is 10.3. The Morgan fingerprint density at radius 2 is 1.83 bits per heavy atom. The summed E-state index contributed by atoms with van der Waals surface area (Å²) in [6, 6.07) is 7.43. The Labute approximate surface area is 177 Å². The van der Waals surface area contributed by atoms with Crippen molar-refractivity contribution >= 4 is 11.9 Å². The number of aryl methyl sites for hydroxylation is 2. The summed E-state index contributed by atoms with van der Waals surface area (Å²) in [6.45, 7) is 6.10. The van der Waals surface area contributed by atoms with E-state index in [-0.39, 0.29) is 25.0 Å². The van der Waals surface area contributed by atoms with Gasteiger partial charge >= 0.3 is 5.97 Å². The third kappa shape index (κ3) is 6.34. The third-order valence-corrected chi connectivity index (χ3v) is 5.58. The van der Waals surface area contributed by atoms with Crippen molar-refractivity contribution in [2.75, 3.05) is 6.61 Å². The van der Waals surface area contributed by atoms with E-state index in [1.54, 1.807) is 12.1 Å². The summed E-state index contributed by atoms with van der Waals surface area (Å²) in [4.78, 5) is 24.0. The molecule has 1 saturated carbocycles. The van der Waals surface area contributed by atoms with Crippen molar-refractivity contribution in [1.82, 2.24) is 10.5 Å². The highest BCUT2D eigenvalue weighted by molar-refractivity contribution is 5.81. The molecule has 1 heterocycles. The minimum atomic E-state index is -0.424. The van der Waals surface area contributed by atoms with E-state index in [1.165, 1.54) is 0 Å². The lowest BCUT2D eigenvalue weighted by molar-refractivity contribution is -0.148. The second-order valence-electron chi connectivity index (χ2n) is 8.10. The van der Waals surface area contributed by atoms with Gasteiger partial charge in [-0.2, -0.15) is 0 Å². The van der Waals surface area contributed by atoms with Gasteiger partial charge in [-0.3, -0.25) is 9.59 Å². The number of hydrogen-bond acceptors (Lipinski definition) is 6. The zero-order valence-electron chi connectivity index (χ0n) is 17.9. The van der Waals surface area contributed by atoms with Crippen molar-refractivity contribution in [3.8, 4) is 5.75 Å². The van der Waals surface area contributed by atoms with Gasteiger partial charge in [-0.15, -0.1) is 0 Å². The molecular weight excluding hydrogens is 384 g/mol. The van der Waals surface area contributed by atoms with Gasteiger partial charge in [0, 0.05) is 6.04 Å². The topological polar surface area (TPSA) is 90.7 Å². The number of benzene rings is 1. The maximum Gasteiger partial charge on any atom is 0.310 e. The quantitative estimate of drug-likeness (QED) is 0.663. The van der Waals surface area contributed by atoms with Crippen LogP contribution in [0, 0.1) is 19.8 Å². The molecule has 1 aromatic heterocycles. The van der Waals surface area contributed by atoms with E-state index >= 15 is 0 Å². The van der Waals surface area contributed by atoms with Gasteiger partial charge in [-0.1, -0.05) is 24.2 Å². The van der Waals surface area contributed by atoms with Crippen LogP contribution in [0.4, 0.5) is 0 Å². The van der Waals surface area contributed by atoms with Gasteiger partial charge in [0.25, 0.3) is 5.91 Å². The molecule has 0 bridgehead atoms. The molecule has 162 valence electrons. The van der Waals surface area contributed by atoms with E-state index in [2.05, 4.69) is 17.4 Å². The van der Waals surface area contributed by atoms with E-state index < -0.39 is 5.97 Å². The number of carbonyl (C=O) groups is 2. The van der Waals surface area contributed by atoms with Crippen LogP contribution in [0.2, 0.25) is 0 Å². The molecular formula is C23H30N2O5. The van der Waals surface area contributed by atoms with Gasteiger partial charge in [-0.25, -0.2) is 0 Å². The highest BCUT2D eigenvalue weighted by atomic mass is 16.5. The monoisotopic (exact) mass is 414 g/mol. The van der Waals surface area contributed by atoms with E-state index in [0.717, 1.165) is 54.2 Å². The zero-order valence-corrected chi connectivity index (χ0v) is 17.9. The first-order valence-electron chi connectivity index (χ1n) is 10.5. The molecule has 7 nitrogen and oxygen atoms in total. The third-order valence-electron chi connectivity index (χ3n) is 5.58. The number of rotatable bonds is 8. The molecule has 1 aliphatic rings. The van der Waals surface area contributed by atoms with E-state index in [9.17, 15) is 9.59 Å². The molecule has 1 amide bonds. The molecule has 30 heavy (non-hydrogen) atoms. The van der Waals surface area contributed by atoms with Gasteiger partial charge in [0.05, 0.1) is 17.7 Å². The summed E-state index contributed by atoms with van der Waals surface area (Å²) in [5.74, 6) is 1.50. The molecule has 0 radical (unpaired) electrons. The first kappa shape index (κ1) is 21.9. The Kier molecular flexibility index (Phi) is 7.49. The summed E-state index contributed by atoms with van der Waals surface area (Å²) >= 11 is 0. The molecule has 0 spiro atoms. The minimum Gasteiger partial charge on any atom is -0.489 e.